The van der Waals surface area contributed by atoms with E-state index in [2.05, 4.69) is 69.0 Å². The summed E-state index contributed by atoms with van der Waals surface area (Å²) in [6.07, 6.45) is 3.36. The lowest BCUT2D eigenvalue weighted by molar-refractivity contribution is 0.270. The van der Waals surface area contributed by atoms with Crippen molar-refractivity contribution < 1.29 is 0 Å². The molecule has 3 heterocycles. The summed E-state index contributed by atoms with van der Waals surface area (Å²) < 4.78 is 0. The standard InChI is InChI=1S/C20H25N7/c1-4-26-9-11-27(12-10-26)20-24-18-17(21-7-8-22-18)19(25-20)23-16-13-14(2)5-6-15(16)3/h5-8,13H,4,9-12H2,1-3H3,(H,22,23,24,25). The summed E-state index contributed by atoms with van der Waals surface area (Å²) in [7, 11) is 0. The first-order chi connectivity index (χ1) is 13.1. The third-order valence-corrected chi connectivity index (χ3v) is 5.07. The number of aryl methyl sites for hydroxylation is 2. The smallest absolute Gasteiger partial charge is 0.229 e. The number of fused-ring (bicyclic) bond motifs is 1. The maximum absolute atomic E-state index is 4.82. The van der Waals surface area contributed by atoms with E-state index in [4.69, 9.17) is 4.98 Å². The van der Waals surface area contributed by atoms with Gasteiger partial charge in [0, 0.05) is 44.3 Å². The van der Waals surface area contributed by atoms with Gasteiger partial charge >= 0.3 is 0 Å². The van der Waals surface area contributed by atoms with Crippen LogP contribution in [0.25, 0.3) is 11.2 Å². The van der Waals surface area contributed by atoms with Gasteiger partial charge in [0.05, 0.1) is 0 Å². The van der Waals surface area contributed by atoms with E-state index in [-0.39, 0.29) is 0 Å². The molecule has 0 aliphatic carbocycles. The molecule has 0 amide bonds. The number of aromatic nitrogens is 4. The Bertz CT molecular complexity index is 948. The van der Waals surface area contributed by atoms with Crippen LogP contribution in [0.15, 0.2) is 30.6 Å². The molecule has 0 radical (unpaired) electrons. The summed E-state index contributed by atoms with van der Waals surface area (Å²) in [5.74, 6) is 1.42. The van der Waals surface area contributed by atoms with E-state index in [0.29, 0.717) is 22.9 Å². The molecular weight excluding hydrogens is 338 g/mol. The number of hydrogen-bond donors (Lipinski definition) is 1. The van der Waals surface area contributed by atoms with Crippen LogP contribution in [-0.4, -0.2) is 57.6 Å². The Balaban J connectivity index is 1.72. The quantitative estimate of drug-likeness (QED) is 0.764. The lowest BCUT2D eigenvalue weighted by Crippen LogP contribution is -2.46. The third-order valence-electron chi connectivity index (χ3n) is 5.07. The molecule has 1 aliphatic rings. The molecule has 1 fully saturated rings. The van der Waals surface area contributed by atoms with Gasteiger partial charge in [0.1, 0.15) is 0 Å². The zero-order chi connectivity index (χ0) is 18.8. The van der Waals surface area contributed by atoms with E-state index in [1.54, 1.807) is 12.4 Å². The van der Waals surface area contributed by atoms with E-state index < -0.39 is 0 Å². The van der Waals surface area contributed by atoms with E-state index in [0.717, 1.165) is 44.0 Å². The minimum Gasteiger partial charge on any atom is -0.338 e. The fourth-order valence-corrected chi connectivity index (χ4v) is 3.34. The third kappa shape index (κ3) is 3.68. The first kappa shape index (κ1) is 17.6. The van der Waals surface area contributed by atoms with Crippen LogP contribution in [0.4, 0.5) is 17.5 Å². The van der Waals surface area contributed by atoms with Crippen LogP contribution in [0, 0.1) is 13.8 Å². The monoisotopic (exact) mass is 363 g/mol. The van der Waals surface area contributed by atoms with Crippen molar-refractivity contribution in [1.29, 1.82) is 0 Å². The Hall–Kier alpha value is -2.80. The molecule has 27 heavy (non-hydrogen) atoms. The van der Waals surface area contributed by atoms with Gasteiger partial charge < -0.3 is 15.1 Å². The highest BCUT2D eigenvalue weighted by Gasteiger charge is 2.20. The van der Waals surface area contributed by atoms with Crippen LogP contribution in [0.5, 0.6) is 0 Å². The van der Waals surface area contributed by atoms with Crippen LogP contribution in [0.1, 0.15) is 18.1 Å². The minimum absolute atomic E-state index is 0.619. The van der Waals surface area contributed by atoms with Gasteiger partial charge in [-0.25, -0.2) is 9.97 Å². The van der Waals surface area contributed by atoms with Crippen molar-refractivity contribution in [3.63, 3.8) is 0 Å². The predicted molar refractivity (Wildman–Crippen MR) is 109 cm³/mol. The number of nitrogens with one attached hydrogen (secondary N) is 1. The second kappa shape index (κ2) is 7.44. The minimum atomic E-state index is 0.619. The normalized spacial score (nSPS) is 15.3. The van der Waals surface area contributed by atoms with Crippen LogP contribution < -0.4 is 10.2 Å². The van der Waals surface area contributed by atoms with E-state index in [1.165, 1.54) is 5.56 Å². The van der Waals surface area contributed by atoms with Gasteiger partial charge in [0.15, 0.2) is 17.0 Å². The summed E-state index contributed by atoms with van der Waals surface area (Å²) in [6, 6.07) is 6.34. The van der Waals surface area contributed by atoms with E-state index in [9.17, 15) is 0 Å². The van der Waals surface area contributed by atoms with Crippen molar-refractivity contribution in [3.8, 4) is 0 Å². The van der Waals surface area contributed by atoms with Crippen LogP contribution in [-0.2, 0) is 0 Å². The molecule has 0 atom stereocenters. The number of nitrogens with zero attached hydrogens (tertiary/aromatic N) is 6. The zero-order valence-corrected chi connectivity index (χ0v) is 16.1. The first-order valence-corrected chi connectivity index (χ1v) is 9.44. The first-order valence-electron chi connectivity index (χ1n) is 9.44. The fourth-order valence-electron chi connectivity index (χ4n) is 3.34. The Morgan fingerprint density at radius 1 is 1.00 bits per heavy atom. The highest BCUT2D eigenvalue weighted by Crippen LogP contribution is 2.26. The van der Waals surface area contributed by atoms with Gasteiger partial charge in [-0.15, -0.1) is 0 Å². The van der Waals surface area contributed by atoms with Crippen molar-refractivity contribution in [3.05, 3.63) is 41.7 Å². The average Bonchev–Trinajstić information content (AvgIpc) is 2.70. The van der Waals surface area contributed by atoms with E-state index >= 15 is 0 Å². The van der Waals surface area contributed by atoms with Gasteiger partial charge in [-0.05, 0) is 37.6 Å². The molecule has 4 rings (SSSR count). The molecule has 0 bridgehead atoms. The molecule has 1 aromatic carbocycles. The van der Waals surface area contributed by atoms with Crippen molar-refractivity contribution in [2.24, 2.45) is 0 Å². The molecule has 3 aromatic rings. The second-order valence-corrected chi connectivity index (χ2v) is 6.97. The average molecular weight is 363 g/mol. The van der Waals surface area contributed by atoms with Gasteiger partial charge in [0.25, 0.3) is 0 Å². The van der Waals surface area contributed by atoms with Crippen molar-refractivity contribution >= 4 is 28.6 Å². The molecule has 1 N–H and O–H groups in total. The highest BCUT2D eigenvalue weighted by molar-refractivity contribution is 5.86. The Labute approximate surface area is 159 Å². The van der Waals surface area contributed by atoms with Crippen LogP contribution in [0.3, 0.4) is 0 Å². The van der Waals surface area contributed by atoms with Crippen LogP contribution in [0.2, 0.25) is 0 Å². The number of rotatable bonds is 4. The summed E-state index contributed by atoms with van der Waals surface area (Å²) >= 11 is 0. The Morgan fingerprint density at radius 3 is 2.56 bits per heavy atom. The molecular formula is C20H25N7. The van der Waals surface area contributed by atoms with Crippen molar-refractivity contribution in [2.75, 3.05) is 42.9 Å². The van der Waals surface area contributed by atoms with E-state index in [1.807, 2.05) is 0 Å². The molecule has 0 saturated carbocycles. The van der Waals surface area contributed by atoms with Crippen molar-refractivity contribution in [1.82, 2.24) is 24.8 Å². The van der Waals surface area contributed by atoms with Gasteiger partial charge in [-0.2, -0.15) is 9.97 Å². The Kier molecular flexibility index (Phi) is 4.85. The molecule has 1 aliphatic heterocycles. The topological polar surface area (TPSA) is 70.1 Å². The Morgan fingerprint density at radius 2 is 1.78 bits per heavy atom. The number of piperazine rings is 1. The zero-order valence-electron chi connectivity index (χ0n) is 16.1. The molecule has 7 heteroatoms. The van der Waals surface area contributed by atoms with Gasteiger partial charge in [0.2, 0.25) is 5.95 Å². The summed E-state index contributed by atoms with van der Waals surface area (Å²) in [6.45, 7) is 11.3. The maximum atomic E-state index is 4.82. The van der Waals surface area contributed by atoms with Gasteiger partial charge in [-0.1, -0.05) is 19.1 Å². The van der Waals surface area contributed by atoms with Gasteiger partial charge in [-0.3, -0.25) is 0 Å². The number of hydrogen-bond acceptors (Lipinski definition) is 7. The lowest BCUT2D eigenvalue weighted by Gasteiger charge is -2.34. The summed E-state index contributed by atoms with van der Waals surface area (Å²) in [5.41, 5.74) is 4.70. The second-order valence-electron chi connectivity index (χ2n) is 6.97. The molecule has 1 saturated heterocycles. The fraction of sp³-hybridized carbons (Fsp3) is 0.400. The SMILES string of the molecule is CCN1CCN(c2nc(Nc3cc(C)ccc3C)c3nccnc3n2)CC1. The highest BCUT2D eigenvalue weighted by atomic mass is 15.3. The predicted octanol–water partition coefficient (Wildman–Crippen LogP) is 2.92. The molecule has 7 nitrogen and oxygen atoms in total. The summed E-state index contributed by atoms with van der Waals surface area (Å²) in [4.78, 5) is 23.1. The largest absolute Gasteiger partial charge is 0.338 e. The van der Waals surface area contributed by atoms with Crippen LogP contribution >= 0.6 is 0 Å². The lowest BCUT2D eigenvalue weighted by atomic mass is 10.1. The summed E-state index contributed by atoms with van der Waals surface area (Å²) in [5, 5.41) is 3.46. The van der Waals surface area contributed by atoms with Crippen molar-refractivity contribution in [2.45, 2.75) is 20.8 Å². The molecule has 140 valence electrons. The number of likely N-dealkylation sites (N-methyl/N-ethyl adjacent to an activating group) is 1. The maximum Gasteiger partial charge on any atom is 0.229 e. The molecule has 0 unspecified atom stereocenters. The molecule has 0 spiro atoms. The number of benzene rings is 1. The molecule has 2 aromatic heterocycles. The number of anilines is 3.